The van der Waals surface area contributed by atoms with Crippen molar-refractivity contribution in [2.24, 2.45) is 5.92 Å². The van der Waals surface area contributed by atoms with E-state index in [9.17, 15) is 0 Å². The SMILES string of the molecule is CNC(c1cc2c(C)c(Cl)c(C)cc2o1)C(C)C. The smallest absolute Gasteiger partial charge is 0.135 e. The van der Waals surface area contributed by atoms with Gasteiger partial charge in [0.15, 0.2) is 0 Å². The van der Waals surface area contributed by atoms with Crippen LogP contribution in [0.25, 0.3) is 11.0 Å². The Bertz CT molecular complexity index is 571. The molecule has 18 heavy (non-hydrogen) atoms. The molecule has 1 aromatic carbocycles. The van der Waals surface area contributed by atoms with Gasteiger partial charge in [0.05, 0.1) is 6.04 Å². The summed E-state index contributed by atoms with van der Waals surface area (Å²) in [7, 11) is 1.96. The molecule has 0 aliphatic heterocycles. The fraction of sp³-hybridized carbons (Fsp3) is 0.467. The minimum atomic E-state index is 0.232. The lowest BCUT2D eigenvalue weighted by Crippen LogP contribution is -2.20. The quantitative estimate of drug-likeness (QED) is 0.876. The Labute approximate surface area is 113 Å². The lowest BCUT2D eigenvalue weighted by Gasteiger charge is -2.17. The number of halogens is 1. The summed E-state index contributed by atoms with van der Waals surface area (Å²) in [6, 6.07) is 4.36. The number of rotatable bonds is 3. The van der Waals surface area contributed by atoms with E-state index in [1.165, 1.54) is 0 Å². The summed E-state index contributed by atoms with van der Waals surface area (Å²) in [6.45, 7) is 8.41. The summed E-state index contributed by atoms with van der Waals surface area (Å²) in [5.41, 5.74) is 3.08. The van der Waals surface area contributed by atoms with Crippen LogP contribution in [-0.2, 0) is 0 Å². The Balaban J connectivity index is 2.60. The topological polar surface area (TPSA) is 25.2 Å². The number of benzene rings is 1. The van der Waals surface area contributed by atoms with E-state index >= 15 is 0 Å². The van der Waals surface area contributed by atoms with E-state index < -0.39 is 0 Å². The number of hydrogen-bond donors (Lipinski definition) is 1. The van der Waals surface area contributed by atoms with Crippen molar-refractivity contribution in [1.82, 2.24) is 5.32 Å². The third-order valence-corrected chi connectivity index (χ3v) is 4.07. The van der Waals surface area contributed by atoms with Crippen LogP contribution in [0.5, 0.6) is 0 Å². The van der Waals surface area contributed by atoms with Crippen LogP contribution in [0.15, 0.2) is 16.5 Å². The molecule has 0 saturated heterocycles. The van der Waals surface area contributed by atoms with Crippen molar-refractivity contribution in [1.29, 1.82) is 0 Å². The monoisotopic (exact) mass is 265 g/mol. The van der Waals surface area contributed by atoms with Crippen LogP contribution >= 0.6 is 11.6 Å². The molecule has 0 aliphatic carbocycles. The molecule has 2 nitrogen and oxygen atoms in total. The molecule has 0 aliphatic rings. The van der Waals surface area contributed by atoms with E-state index in [1.54, 1.807) is 0 Å². The van der Waals surface area contributed by atoms with Gasteiger partial charge >= 0.3 is 0 Å². The summed E-state index contributed by atoms with van der Waals surface area (Å²) in [5, 5.41) is 5.25. The average Bonchev–Trinajstić information content (AvgIpc) is 2.70. The van der Waals surface area contributed by atoms with Crippen LogP contribution in [0.4, 0.5) is 0 Å². The first kappa shape index (κ1) is 13.4. The molecule has 1 heterocycles. The first-order valence-electron chi connectivity index (χ1n) is 6.32. The zero-order valence-corrected chi connectivity index (χ0v) is 12.4. The fourth-order valence-corrected chi connectivity index (χ4v) is 2.61. The molecule has 0 fully saturated rings. The Hall–Kier alpha value is -0.990. The molecule has 3 heteroatoms. The van der Waals surface area contributed by atoms with Crippen molar-refractivity contribution in [2.75, 3.05) is 7.05 Å². The average molecular weight is 266 g/mol. The summed E-state index contributed by atoms with van der Waals surface area (Å²) in [4.78, 5) is 0. The molecular weight excluding hydrogens is 246 g/mol. The normalized spacial score (nSPS) is 13.5. The first-order chi connectivity index (χ1) is 8.45. The van der Waals surface area contributed by atoms with Crippen LogP contribution < -0.4 is 5.32 Å². The second-order valence-electron chi connectivity index (χ2n) is 5.20. The van der Waals surface area contributed by atoms with Gasteiger partial charge in [0, 0.05) is 10.4 Å². The van der Waals surface area contributed by atoms with Crippen molar-refractivity contribution in [3.8, 4) is 0 Å². The van der Waals surface area contributed by atoms with Crippen molar-refractivity contribution in [3.63, 3.8) is 0 Å². The minimum absolute atomic E-state index is 0.232. The fourth-order valence-electron chi connectivity index (χ4n) is 2.46. The molecule has 0 bridgehead atoms. The molecule has 2 rings (SSSR count). The van der Waals surface area contributed by atoms with Crippen LogP contribution in [0.2, 0.25) is 5.02 Å². The molecule has 1 atom stereocenters. The summed E-state index contributed by atoms with van der Waals surface area (Å²) < 4.78 is 5.98. The van der Waals surface area contributed by atoms with E-state index in [0.29, 0.717) is 5.92 Å². The van der Waals surface area contributed by atoms with Crippen molar-refractivity contribution in [3.05, 3.63) is 34.0 Å². The highest BCUT2D eigenvalue weighted by atomic mass is 35.5. The van der Waals surface area contributed by atoms with Crippen molar-refractivity contribution >= 4 is 22.6 Å². The van der Waals surface area contributed by atoms with Gasteiger partial charge < -0.3 is 9.73 Å². The molecule has 0 amide bonds. The number of nitrogens with one attached hydrogen (secondary N) is 1. The molecule has 98 valence electrons. The van der Waals surface area contributed by atoms with Gasteiger partial charge in [0.2, 0.25) is 0 Å². The molecule has 2 aromatic rings. The lowest BCUT2D eigenvalue weighted by molar-refractivity contribution is 0.371. The Morgan fingerprint density at radius 1 is 1.22 bits per heavy atom. The van der Waals surface area contributed by atoms with E-state index in [0.717, 1.165) is 32.9 Å². The van der Waals surface area contributed by atoms with Crippen LogP contribution in [0, 0.1) is 19.8 Å². The third-order valence-electron chi connectivity index (χ3n) is 3.49. The van der Waals surface area contributed by atoms with Crippen LogP contribution in [0.3, 0.4) is 0 Å². The van der Waals surface area contributed by atoms with Gasteiger partial charge in [0.25, 0.3) is 0 Å². The maximum absolute atomic E-state index is 6.28. The zero-order valence-electron chi connectivity index (χ0n) is 11.6. The number of fused-ring (bicyclic) bond motifs is 1. The number of aryl methyl sites for hydroxylation is 2. The van der Waals surface area contributed by atoms with Crippen LogP contribution in [0.1, 0.15) is 36.8 Å². The number of hydrogen-bond acceptors (Lipinski definition) is 2. The highest BCUT2D eigenvalue weighted by Crippen LogP contribution is 2.34. The van der Waals surface area contributed by atoms with Gasteiger partial charge in [-0.3, -0.25) is 0 Å². The summed E-state index contributed by atoms with van der Waals surface area (Å²) >= 11 is 6.28. The second kappa shape index (κ2) is 4.94. The second-order valence-corrected chi connectivity index (χ2v) is 5.58. The molecule has 0 radical (unpaired) electrons. The molecule has 0 saturated carbocycles. The predicted molar refractivity (Wildman–Crippen MR) is 77.3 cm³/mol. The van der Waals surface area contributed by atoms with Gasteiger partial charge in [-0.05, 0) is 50.1 Å². The standard InChI is InChI=1S/C15H20ClNO/c1-8(2)15(17-5)13-7-11-10(4)14(16)9(3)6-12(11)18-13/h6-8,15,17H,1-5H3. The summed E-state index contributed by atoms with van der Waals surface area (Å²) in [6.07, 6.45) is 0. The molecule has 1 N–H and O–H groups in total. The van der Waals surface area contributed by atoms with E-state index in [1.807, 2.05) is 27.0 Å². The maximum atomic E-state index is 6.28. The van der Waals surface area contributed by atoms with E-state index in [4.69, 9.17) is 16.0 Å². The van der Waals surface area contributed by atoms with Gasteiger partial charge in [-0.2, -0.15) is 0 Å². The number of furan rings is 1. The molecule has 1 aromatic heterocycles. The lowest BCUT2D eigenvalue weighted by atomic mass is 10.0. The molecular formula is C15H20ClNO. The zero-order chi connectivity index (χ0) is 13.4. The Morgan fingerprint density at radius 2 is 1.89 bits per heavy atom. The van der Waals surface area contributed by atoms with E-state index in [-0.39, 0.29) is 6.04 Å². The minimum Gasteiger partial charge on any atom is -0.459 e. The Morgan fingerprint density at radius 3 is 2.44 bits per heavy atom. The maximum Gasteiger partial charge on any atom is 0.135 e. The van der Waals surface area contributed by atoms with Gasteiger partial charge in [-0.15, -0.1) is 0 Å². The predicted octanol–water partition coefficient (Wildman–Crippen LogP) is 4.62. The summed E-state index contributed by atoms with van der Waals surface area (Å²) in [5.74, 6) is 1.46. The Kier molecular flexibility index (Phi) is 3.69. The highest BCUT2D eigenvalue weighted by molar-refractivity contribution is 6.33. The van der Waals surface area contributed by atoms with Crippen molar-refractivity contribution < 1.29 is 4.42 Å². The van der Waals surface area contributed by atoms with Gasteiger partial charge in [0.1, 0.15) is 11.3 Å². The van der Waals surface area contributed by atoms with E-state index in [2.05, 4.69) is 25.2 Å². The third kappa shape index (κ3) is 2.15. The highest BCUT2D eigenvalue weighted by Gasteiger charge is 2.19. The van der Waals surface area contributed by atoms with Gasteiger partial charge in [-0.25, -0.2) is 0 Å². The first-order valence-corrected chi connectivity index (χ1v) is 6.70. The molecule has 1 unspecified atom stereocenters. The van der Waals surface area contributed by atoms with Crippen LogP contribution in [-0.4, -0.2) is 7.05 Å². The molecule has 0 spiro atoms. The van der Waals surface area contributed by atoms with Gasteiger partial charge in [-0.1, -0.05) is 25.4 Å². The van der Waals surface area contributed by atoms with Crippen molar-refractivity contribution in [2.45, 2.75) is 33.7 Å². The largest absolute Gasteiger partial charge is 0.459 e.